The molecule has 15 heteroatoms. The van der Waals surface area contributed by atoms with E-state index in [0.29, 0.717) is 47.9 Å². The van der Waals surface area contributed by atoms with Gasteiger partial charge in [0.2, 0.25) is 0 Å². The molecule has 46 heavy (non-hydrogen) atoms. The predicted molar refractivity (Wildman–Crippen MR) is 153 cm³/mol. The summed E-state index contributed by atoms with van der Waals surface area (Å²) in [6, 6.07) is 12.1. The molecule has 242 valence electrons. The summed E-state index contributed by atoms with van der Waals surface area (Å²) >= 11 is 6.00. The molecule has 2 heterocycles. The number of carbonyl (C=O) groups is 1. The minimum atomic E-state index is -5.02. The molecule has 1 amide bonds. The Morgan fingerprint density at radius 1 is 0.826 bits per heavy atom. The van der Waals surface area contributed by atoms with Crippen LogP contribution in [0.5, 0.6) is 0 Å². The standard InChI is InChI=1S/C31H22ClF9N4O/c32-24-5-6-25(31(39,40)41)21(11-24)16-45-8-7-42-27-26(45)12-20(15-43-27)18-1-3-19(4-2-18)28(46)44-14-17-9-22(29(33,34)35)13-23(10-17)30(36,37)38/h1-6,9-13,15H,7-8,14,16H2,(H,42,43)(H,44,46). The number of fused-ring (bicyclic) bond motifs is 1. The van der Waals surface area contributed by atoms with Crippen LogP contribution in [0.3, 0.4) is 0 Å². The average molecular weight is 673 g/mol. The van der Waals surface area contributed by atoms with Crippen molar-refractivity contribution in [1.29, 1.82) is 0 Å². The molecule has 0 radical (unpaired) electrons. The van der Waals surface area contributed by atoms with Gasteiger partial charge in [0.25, 0.3) is 5.91 Å². The summed E-state index contributed by atoms with van der Waals surface area (Å²) in [6.07, 6.45) is -13.1. The molecule has 4 aromatic rings. The van der Waals surface area contributed by atoms with Crippen molar-refractivity contribution in [2.24, 2.45) is 0 Å². The van der Waals surface area contributed by atoms with Gasteiger partial charge in [-0.05, 0) is 71.3 Å². The minimum Gasteiger partial charge on any atom is -0.367 e. The quantitative estimate of drug-likeness (QED) is 0.201. The Hall–Kier alpha value is -4.46. The Kier molecular flexibility index (Phi) is 8.86. The Morgan fingerprint density at radius 2 is 1.48 bits per heavy atom. The molecule has 3 aromatic carbocycles. The first-order valence-electron chi connectivity index (χ1n) is 13.5. The lowest BCUT2D eigenvalue weighted by atomic mass is 10.0. The van der Waals surface area contributed by atoms with E-state index in [4.69, 9.17) is 11.6 Å². The van der Waals surface area contributed by atoms with Crippen molar-refractivity contribution in [2.45, 2.75) is 31.6 Å². The van der Waals surface area contributed by atoms with Gasteiger partial charge in [0, 0.05) is 48.5 Å². The van der Waals surface area contributed by atoms with Crippen molar-refractivity contribution in [1.82, 2.24) is 10.3 Å². The lowest BCUT2D eigenvalue weighted by Crippen LogP contribution is -2.34. The molecule has 2 N–H and O–H groups in total. The van der Waals surface area contributed by atoms with Crippen LogP contribution >= 0.6 is 11.6 Å². The normalized spacial score (nSPS) is 13.7. The number of nitrogens with one attached hydrogen (secondary N) is 2. The molecule has 0 saturated carbocycles. The van der Waals surface area contributed by atoms with Gasteiger partial charge in [0.15, 0.2) is 0 Å². The Bertz CT molecular complexity index is 1720. The molecule has 0 saturated heterocycles. The van der Waals surface area contributed by atoms with E-state index in [1.54, 1.807) is 23.1 Å². The van der Waals surface area contributed by atoms with Gasteiger partial charge in [0.1, 0.15) is 5.82 Å². The van der Waals surface area contributed by atoms with Crippen LogP contribution in [-0.4, -0.2) is 24.0 Å². The van der Waals surface area contributed by atoms with Crippen molar-refractivity contribution in [2.75, 3.05) is 23.3 Å². The number of pyridine rings is 1. The van der Waals surface area contributed by atoms with E-state index in [-0.39, 0.29) is 34.3 Å². The van der Waals surface area contributed by atoms with Crippen LogP contribution in [0.15, 0.2) is 72.9 Å². The van der Waals surface area contributed by atoms with E-state index in [1.807, 2.05) is 0 Å². The number of benzene rings is 3. The SMILES string of the molecule is O=C(NCc1cc(C(F)(F)F)cc(C(F)(F)F)c1)c1ccc(-c2cnc3c(c2)N(Cc2cc(Cl)ccc2C(F)(F)F)CCN3)cc1. The molecule has 0 unspecified atom stereocenters. The molecule has 0 bridgehead atoms. The number of halogens is 10. The molecular formula is C31H22ClF9N4O. The van der Waals surface area contributed by atoms with Crippen LogP contribution in [0, 0.1) is 0 Å². The van der Waals surface area contributed by atoms with E-state index in [0.717, 1.165) is 6.07 Å². The van der Waals surface area contributed by atoms with Crippen molar-refractivity contribution in [3.05, 3.63) is 111 Å². The number of anilines is 2. The van der Waals surface area contributed by atoms with Gasteiger partial charge < -0.3 is 15.5 Å². The number of carbonyl (C=O) groups excluding carboxylic acids is 1. The summed E-state index contributed by atoms with van der Waals surface area (Å²) in [5, 5.41) is 5.60. The van der Waals surface area contributed by atoms with Gasteiger partial charge in [0.05, 0.1) is 22.4 Å². The number of rotatable bonds is 6. The third-order valence-corrected chi connectivity index (χ3v) is 7.43. The smallest absolute Gasteiger partial charge is 0.367 e. The fourth-order valence-electron chi connectivity index (χ4n) is 4.98. The zero-order valence-electron chi connectivity index (χ0n) is 23.3. The minimum absolute atomic E-state index is 0.00590. The second kappa shape index (κ2) is 12.4. The van der Waals surface area contributed by atoms with E-state index < -0.39 is 47.7 Å². The summed E-state index contributed by atoms with van der Waals surface area (Å²) in [5.41, 5.74) is -2.38. The molecular weight excluding hydrogens is 651 g/mol. The molecule has 0 aliphatic carbocycles. The summed E-state index contributed by atoms with van der Waals surface area (Å²) in [7, 11) is 0. The zero-order valence-corrected chi connectivity index (χ0v) is 24.1. The largest absolute Gasteiger partial charge is 0.416 e. The fourth-order valence-corrected chi connectivity index (χ4v) is 5.17. The summed E-state index contributed by atoms with van der Waals surface area (Å²) in [4.78, 5) is 18.8. The van der Waals surface area contributed by atoms with Gasteiger partial charge in [-0.1, -0.05) is 23.7 Å². The molecule has 5 rings (SSSR count). The van der Waals surface area contributed by atoms with Crippen LogP contribution in [0.1, 0.15) is 38.2 Å². The Balaban J connectivity index is 1.33. The van der Waals surface area contributed by atoms with Crippen LogP contribution in [0.25, 0.3) is 11.1 Å². The van der Waals surface area contributed by atoms with Crippen LogP contribution < -0.4 is 15.5 Å². The first-order valence-corrected chi connectivity index (χ1v) is 13.9. The van der Waals surface area contributed by atoms with E-state index in [9.17, 15) is 44.3 Å². The Labute approximate surface area is 261 Å². The Morgan fingerprint density at radius 3 is 2.09 bits per heavy atom. The second-order valence-electron chi connectivity index (χ2n) is 10.4. The third-order valence-electron chi connectivity index (χ3n) is 7.20. The number of hydrogen-bond donors (Lipinski definition) is 2. The number of amides is 1. The second-order valence-corrected chi connectivity index (χ2v) is 10.8. The highest BCUT2D eigenvalue weighted by atomic mass is 35.5. The number of alkyl halides is 9. The summed E-state index contributed by atoms with van der Waals surface area (Å²) in [5.74, 6) is -0.275. The molecule has 0 spiro atoms. The van der Waals surface area contributed by atoms with Gasteiger partial charge >= 0.3 is 18.5 Å². The first kappa shape index (κ1) is 32.9. The van der Waals surface area contributed by atoms with E-state index in [1.165, 1.54) is 30.5 Å². The molecule has 1 aromatic heterocycles. The maximum absolute atomic E-state index is 13.7. The molecule has 0 fully saturated rings. The molecule has 5 nitrogen and oxygen atoms in total. The van der Waals surface area contributed by atoms with Crippen molar-refractivity contribution in [3.8, 4) is 11.1 Å². The third kappa shape index (κ3) is 7.49. The van der Waals surface area contributed by atoms with E-state index >= 15 is 0 Å². The van der Waals surface area contributed by atoms with Crippen molar-refractivity contribution in [3.63, 3.8) is 0 Å². The highest BCUT2D eigenvalue weighted by Gasteiger charge is 2.37. The maximum atomic E-state index is 13.7. The van der Waals surface area contributed by atoms with Crippen molar-refractivity contribution >= 4 is 29.0 Å². The predicted octanol–water partition coefficient (Wildman–Crippen LogP) is 8.82. The first-order chi connectivity index (χ1) is 21.5. The van der Waals surface area contributed by atoms with Gasteiger partial charge in [-0.25, -0.2) is 4.98 Å². The zero-order chi connectivity index (χ0) is 33.4. The average Bonchev–Trinajstić information content (AvgIpc) is 2.98. The topological polar surface area (TPSA) is 57.3 Å². The maximum Gasteiger partial charge on any atom is 0.416 e. The fraction of sp³-hybridized carbons (Fsp3) is 0.226. The summed E-state index contributed by atoms with van der Waals surface area (Å²) < 4.78 is 120. The monoisotopic (exact) mass is 672 g/mol. The summed E-state index contributed by atoms with van der Waals surface area (Å²) in [6.45, 7) is 0.124. The molecule has 1 aliphatic heterocycles. The highest BCUT2D eigenvalue weighted by Crippen LogP contribution is 2.38. The van der Waals surface area contributed by atoms with E-state index in [2.05, 4.69) is 15.6 Å². The number of aromatic nitrogens is 1. The lowest BCUT2D eigenvalue weighted by molar-refractivity contribution is -0.143. The highest BCUT2D eigenvalue weighted by molar-refractivity contribution is 6.30. The molecule has 0 atom stereocenters. The van der Waals surface area contributed by atoms with Gasteiger partial charge in [-0.2, -0.15) is 39.5 Å². The molecule has 1 aliphatic rings. The van der Waals surface area contributed by atoms with Gasteiger partial charge in [-0.3, -0.25) is 4.79 Å². The lowest BCUT2D eigenvalue weighted by Gasteiger charge is -2.32. The van der Waals surface area contributed by atoms with Crippen molar-refractivity contribution < 1.29 is 44.3 Å². The number of hydrogen-bond acceptors (Lipinski definition) is 4. The van der Waals surface area contributed by atoms with Gasteiger partial charge in [-0.15, -0.1) is 0 Å². The van der Waals surface area contributed by atoms with Crippen LogP contribution in [0.2, 0.25) is 5.02 Å². The number of nitrogens with zero attached hydrogens (tertiary/aromatic N) is 2. The van der Waals surface area contributed by atoms with Crippen LogP contribution in [0.4, 0.5) is 51.0 Å². The van der Waals surface area contributed by atoms with Crippen LogP contribution in [-0.2, 0) is 31.6 Å².